The molecule has 3 nitrogen and oxygen atoms in total. The number of aromatic nitrogens is 1. The van der Waals surface area contributed by atoms with E-state index in [1.54, 1.807) is 11.3 Å². The molecule has 0 aliphatic rings. The number of hydrogen-bond acceptors (Lipinski definition) is 4. The Morgan fingerprint density at radius 1 is 1.26 bits per heavy atom. The van der Waals surface area contributed by atoms with Gasteiger partial charge in [0, 0.05) is 17.2 Å². The average Bonchev–Trinajstić information content (AvgIpc) is 2.76. The van der Waals surface area contributed by atoms with E-state index in [0.717, 1.165) is 35.7 Å². The second kappa shape index (κ2) is 7.06. The van der Waals surface area contributed by atoms with Gasteiger partial charge in [0.2, 0.25) is 0 Å². The fourth-order valence-electron chi connectivity index (χ4n) is 1.42. The summed E-state index contributed by atoms with van der Waals surface area (Å²) in [6, 6.07) is 3.91. The van der Waals surface area contributed by atoms with Gasteiger partial charge in [-0.15, -0.1) is 0 Å². The molecule has 0 aliphatic heterocycles. The first-order valence-corrected chi connectivity index (χ1v) is 8.75. The largest absolute Gasteiger partial charge is 0.486 e. The highest BCUT2D eigenvalue weighted by molar-refractivity contribution is 9.11. The molecule has 0 unspecified atom stereocenters. The van der Waals surface area contributed by atoms with Crippen molar-refractivity contribution < 1.29 is 4.74 Å². The molecule has 19 heavy (non-hydrogen) atoms. The smallest absolute Gasteiger partial charge is 0.182 e. The maximum atomic E-state index is 5.83. The highest BCUT2D eigenvalue weighted by Gasteiger charge is 2.09. The number of thiazole rings is 1. The monoisotopic (exact) mass is 468 g/mol. The fourth-order valence-corrected chi connectivity index (χ4v) is 4.70. The van der Waals surface area contributed by atoms with E-state index < -0.39 is 0 Å². The van der Waals surface area contributed by atoms with Gasteiger partial charge < -0.3 is 10.1 Å². The van der Waals surface area contributed by atoms with Gasteiger partial charge in [-0.25, -0.2) is 4.98 Å². The molecule has 102 valence electrons. The molecule has 0 bridgehead atoms. The average molecular weight is 471 g/mol. The number of nitrogens with one attached hydrogen (secondary N) is 1. The minimum absolute atomic E-state index is 0.502. The first kappa shape index (κ1) is 15.3. The van der Waals surface area contributed by atoms with E-state index in [-0.39, 0.29) is 0 Å². The predicted molar refractivity (Wildman–Crippen MR) is 90.2 cm³/mol. The summed E-state index contributed by atoms with van der Waals surface area (Å²) in [5.74, 6) is 0.793. The molecule has 0 atom stereocenters. The van der Waals surface area contributed by atoms with Crippen molar-refractivity contribution in [3.63, 3.8) is 0 Å². The van der Waals surface area contributed by atoms with Crippen LogP contribution in [-0.4, -0.2) is 11.5 Å². The van der Waals surface area contributed by atoms with Gasteiger partial charge >= 0.3 is 0 Å². The quantitative estimate of drug-likeness (QED) is 0.631. The lowest BCUT2D eigenvalue weighted by Gasteiger charge is -2.09. The zero-order chi connectivity index (χ0) is 13.8. The van der Waals surface area contributed by atoms with Crippen LogP contribution in [0.4, 0.5) is 5.13 Å². The topological polar surface area (TPSA) is 34.2 Å². The molecule has 7 heteroatoms. The zero-order valence-electron chi connectivity index (χ0n) is 10.0. The van der Waals surface area contributed by atoms with Gasteiger partial charge in [0.1, 0.15) is 12.4 Å². The third-order valence-electron chi connectivity index (χ3n) is 2.20. The molecule has 0 saturated heterocycles. The van der Waals surface area contributed by atoms with Gasteiger partial charge in [-0.1, -0.05) is 27.3 Å². The first-order chi connectivity index (χ1) is 9.10. The second-order valence-electron chi connectivity index (χ2n) is 3.65. The standard InChI is InChI=1S/C12H11Br3N2OS/c1-2-16-12-17-5-8(19-12)6-18-11-9(14)3-7(13)4-10(11)15/h3-5H,2,6H2,1H3,(H,16,17). The summed E-state index contributed by atoms with van der Waals surface area (Å²) in [6.07, 6.45) is 1.84. The summed E-state index contributed by atoms with van der Waals surface area (Å²) in [4.78, 5) is 5.35. The fraction of sp³-hybridized carbons (Fsp3) is 0.250. The van der Waals surface area contributed by atoms with E-state index >= 15 is 0 Å². The summed E-state index contributed by atoms with van der Waals surface area (Å²) in [7, 11) is 0. The maximum absolute atomic E-state index is 5.83. The SMILES string of the molecule is CCNc1ncc(COc2c(Br)cc(Br)cc2Br)s1. The maximum Gasteiger partial charge on any atom is 0.182 e. The number of ether oxygens (including phenoxy) is 1. The normalized spacial score (nSPS) is 10.5. The third kappa shape index (κ3) is 4.18. The van der Waals surface area contributed by atoms with Crippen LogP contribution >= 0.6 is 59.1 Å². The van der Waals surface area contributed by atoms with Gasteiger partial charge in [0.15, 0.2) is 5.13 Å². The molecule has 2 rings (SSSR count). The lowest BCUT2D eigenvalue weighted by atomic mass is 10.3. The van der Waals surface area contributed by atoms with Crippen LogP contribution in [-0.2, 0) is 6.61 Å². The van der Waals surface area contributed by atoms with Crippen LogP contribution in [0.2, 0.25) is 0 Å². The van der Waals surface area contributed by atoms with Gasteiger partial charge in [-0.2, -0.15) is 0 Å². The zero-order valence-corrected chi connectivity index (χ0v) is 15.6. The number of benzene rings is 1. The Morgan fingerprint density at radius 2 is 1.95 bits per heavy atom. The van der Waals surface area contributed by atoms with Crippen molar-refractivity contribution in [2.75, 3.05) is 11.9 Å². The van der Waals surface area contributed by atoms with Crippen molar-refractivity contribution >= 4 is 64.3 Å². The highest BCUT2D eigenvalue weighted by Crippen LogP contribution is 2.37. The highest BCUT2D eigenvalue weighted by atomic mass is 79.9. The number of rotatable bonds is 5. The Morgan fingerprint density at radius 3 is 2.58 bits per heavy atom. The van der Waals surface area contributed by atoms with Crippen LogP contribution in [0, 0.1) is 0 Å². The van der Waals surface area contributed by atoms with Crippen molar-refractivity contribution in [3.05, 3.63) is 36.6 Å². The number of nitrogens with zero attached hydrogens (tertiary/aromatic N) is 1. The number of hydrogen-bond donors (Lipinski definition) is 1. The molecular formula is C12H11Br3N2OS. The molecule has 0 aliphatic carbocycles. The molecule has 2 aromatic rings. The van der Waals surface area contributed by atoms with Gasteiger partial charge in [-0.3, -0.25) is 0 Å². The summed E-state index contributed by atoms with van der Waals surface area (Å²) in [6.45, 7) is 3.42. The molecule has 1 N–H and O–H groups in total. The van der Waals surface area contributed by atoms with Crippen molar-refractivity contribution in [3.8, 4) is 5.75 Å². The van der Waals surface area contributed by atoms with Crippen LogP contribution in [0.3, 0.4) is 0 Å². The van der Waals surface area contributed by atoms with Crippen LogP contribution in [0.1, 0.15) is 11.8 Å². The molecule has 0 saturated carbocycles. The lowest BCUT2D eigenvalue weighted by molar-refractivity contribution is 0.305. The molecule has 1 heterocycles. The third-order valence-corrected chi connectivity index (χ3v) is 4.77. The van der Waals surface area contributed by atoms with E-state index in [2.05, 4.69) is 58.1 Å². The Labute approximate surface area is 141 Å². The molecule has 0 amide bonds. The summed E-state index contributed by atoms with van der Waals surface area (Å²) in [5, 5.41) is 4.11. The van der Waals surface area contributed by atoms with Crippen LogP contribution in [0.15, 0.2) is 31.7 Å². The molecule has 0 spiro atoms. The van der Waals surface area contributed by atoms with E-state index in [1.807, 2.05) is 25.3 Å². The van der Waals surface area contributed by atoms with Crippen molar-refractivity contribution in [1.29, 1.82) is 0 Å². The van der Waals surface area contributed by atoms with E-state index in [9.17, 15) is 0 Å². The van der Waals surface area contributed by atoms with Gasteiger partial charge in [0.25, 0.3) is 0 Å². The van der Waals surface area contributed by atoms with Crippen LogP contribution in [0.5, 0.6) is 5.75 Å². The summed E-state index contributed by atoms with van der Waals surface area (Å²) < 4.78 is 8.63. The van der Waals surface area contributed by atoms with E-state index in [0.29, 0.717) is 6.61 Å². The van der Waals surface area contributed by atoms with Gasteiger partial charge in [-0.05, 0) is 50.9 Å². The molecule has 0 radical (unpaired) electrons. The Hall–Kier alpha value is -0.110. The Kier molecular flexibility index (Phi) is 5.68. The van der Waals surface area contributed by atoms with Crippen molar-refractivity contribution in [1.82, 2.24) is 4.98 Å². The lowest BCUT2D eigenvalue weighted by Crippen LogP contribution is -1.95. The Balaban J connectivity index is 2.05. The minimum atomic E-state index is 0.502. The van der Waals surface area contributed by atoms with E-state index in [1.165, 1.54) is 0 Å². The van der Waals surface area contributed by atoms with Crippen molar-refractivity contribution in [2.24, 2.45) is 0 Å². The van der Waals surface area contributed by atoms with Crippen molar-refractivity contribution in [2.45, 2.75) is 13.5 Å². The van der Waals surface area contributed by atoms with Crippen LogP contribution < -0.4 is 10.1 Å². The second-order valence-corrected chi connectivity index (χ2v) is 7.39. The molecular weight excluding hydrogens is 460 g/mol. The predicted octanol–water partition coefficient (Wildman–Crippen LogP) is 5.44. The molecule has 0 fully saturated rings. The van der Waals surface area contributed by atoms with Gasteiger partial charge in [0.05, 0.1) is 13.8 Å². The molecule has 1 aromatic heterocycles. The number of anilines is 1. The number of halogens is 3. The minimum Gasteiger partial charge on any atom is -0.486 e. The van der Waals surface area contributed by atoms with E-state index in [4.69, 9.17) is 4.74 Å². The van der Waals surface area contributed by atoms with Crippen LogP contribution in [0.25, 0.3) is 0 Å². The summed E-state index contributed by atoms with van der Waals surface area (Å²) >= 11 is 12.0. The molecule has 1 aromatic carbocycles. The first-order valence-electron chi connectivity index (χ1n) is 5.56. The summed E-state index contributed by atoms with van der Waals surface area (Å²) in [5.41, 5.74) is 0. The Bertz CT molecular complexity index is 551.